The fraction of sp³-hybridized carbons (Fsp3) is 0.158. The van der Waals surface area contributed by atoms with E-state index in [9.17, 15) is 0 Å². The van der Waals surface area contributed by atoms with E-state index in [1.54, 1.807) is 0 Å². The van der Waals surface area contributed by atoms with E-state index >= 15 is 0 Å². The predicted molar refractivity (Wildman–Crippen MR) is 90.9 cm³/mol. The summed E-state index contributed by atoms with van der Waals surface area (Å²) in [6, 6.07) is 18.4. The van der Waals surface area contributed by atoms with Crippen molar-refractivity contribution in [3.05, 3.63) is 78.1 Å². The second-order valence-electron chi connectivity index (χ2n) is 5.33. The minimum atomic E-state index is 0. The summed E-state index contributed by atoms with van der Waals surface area (Å²) in [6.07, 6.45) is 1.92. The first-order valence-electron chi connectivity index (χ1n) is 7.32. The molecule has 0 radical (unpaired) electrons. The van der Waals surface area contributed by atoms with Gasteiger partial charge in [-0.05, 0) is 29.8 Å². The van der Waals surface area contributed by atoms with Crippen LogP contribution in [0, 0.1) is 18.3 Å². The van der Waals surface area contributed by atoms with E-state index in [0.29, 0.717) is 5.56 Å². The van der Waals surface area contributed by atoms with E-state index in [1.165, 1.54) is 16.9 Å². The minimum Gasteiger partial charge on any atom is -1.00 e. The molecule has 24 heavy (non-hydrogen) atoms. The first-order chi connectivity index (χ1) is 10.7. The average molecular weight is 386 g/mol. The number of nitrogens with zero attached hydrogens (tertiary/aromatic N) is 3. The van der Waals surface area contributed by atoms with Crippen molar-refractivity contribution < 1.29 is 27.0 Å². The number of para-hydroxylation sites is 2. The normalized spacial score (nSPS) is 9.67. The highest BCUT2D eigenvalue weighted by atomic mass is 79.9. The summed E-state index contributed by atoms with van der Waals surface area (Å²) < 4.78 is 4.55. The monoisotopic (exact) mass is 385 g/mol. The molecule has 5 heteroatoms. The highest BCUT2D eigenvalue weighted by molar-refractivity contribution is 5.72. The molecular formula is C19H20BrN3O. The van der Waals surface area contributed by atoms with Crippen molar-refractivity contribution in [1.29, 1.82) is 5.26 Å². The van der Waals surface area contributed by atoms with Crippen LogP contribution in [0.15, 0.2) is 61.2 Å². The third kappa shape index (κ3) is 3.56. The number of halogens is 1. The number of aromatic nitrogens is 2. The summed E-state index contributed by atoms with van der Waals surface area (Å²) in [4.78, 5) is 0. The predicted octanol–water partition coefficient (Wildman–Crippen LogP) is -0.478. The van der Waals surface area contributed by atoms with Crippen LogP contribution in [-0.4, -0.2) is 10.0 Å². The van der Waals surface area contributed by atoms with Crippen LogP contribution in [0.5, 0.6) is 0 Å². The Morgan fingerprint density at radius 3 is 2.67 bits per heavy atom. The van der Waals surface area contributed by atoms with Gasteiger partial charge in [-0.25, -0.2) is 9.13 Å². The molecule has 2 N–H and O–H groups in total. The zero-order valence-corrected chi connectivity index (χ0v) is 15.1. The zero-order valence-electron chi connectivity index (χ0n) is 13.5. The summed E-state index contributed by atoms with van der Waals surface area (Å²) in [5, 5.41) is 9.06. The fourth-order valence-corrected chi connectivity index (χ4v) is 2.90. The molecule has 0 bridgehead atoms. The van der Waals surface area contributed by atoms with Gasteiger partial charge in [-0.3, -0.25) is 0 Å². The van der Waals surface area contributed by atoms with E-state index in [0.717, 1.165) is 18.7 Å². The number of imidazole rings is 1. The van der Waals surface area contributed by atoms with E-state index in [1.807, 2.05) is 24.3 Å². The SMILES string of the molecule is C=CCn1c(C)[n+](Cc2cccc(C#N)c2)c2ccccc21.O.[Br-]. The van der Waals surface area contributed by atoms with Gasteiger partial charge in [-0.15, -0.1) is 0 Å². The standard InChI is InChI=1S/C19H18N3.BrH.H2O/c1-3-11-21-15(2)22(19-10-5-4-9-18(19)21)14-17-8-6-7-16(12-17)13-20;;/h3-10,12H,1,11,14H2,2H3;1H;1H2/q+1;;/p-1. The van der Waals surface area contributed by atoms with Gasteiger partial charge in [0.2, 0.25) is 0 Å². The largest absolute Gasteiger partial charge is 1.00 e. The Labute approximate surface area is 152 Å². The molecule has 1 aromatic heterocycles. The lowest BCUT2D eigenvalue weighted by molar-refractivity contribution is -0.669. The zero-order chi connectivity index (χ0) is 15.5. The van der Waals surface area contributed by atoms with Crippen molar-refractivity contribution in [3.63, 3.8) is 0 Å². The quantitative estimate of drug-likeness (QED) is 0.442. The smallest absolute Gasteiger partial charge is 0.254 e. The van der Waals surface area contributed by atoms with Gasteiger partial charge >= 0.3 is 0 Å². The summed E-state index contributed by atoms with van der Waals surface area (Å²) in [7, 11) is 0. The molecule has 0 unspecified atom stereocenters. The lowest BCUT2D eigenvalue weighted by Gasteiger charge is -2.02. The molecule has 2 aromatic carbocycles. The van der Waals surface area contributed by atoms with Crippen LogP contribution in [0.3, 0.4) is 0 Å². The van der Waals surface area contributed by atoms with Crippen LogP contribution in [0.25, 0.3) is 11.0 Å². The van der Waals surface area contributed by atoms with Gasteiger partial charge in [0.15, 0.2) is 11.0 Å². The molecule has 0 aliphatic heterocycles. The van der Waals surface area contributed by atoms with E-state index < -0.39 is 0 Å². The summed E-state index contributed by atoms with van der Waals surface area (Å²) in [5.41, 5.74) is 4.24. The van der Waals surface area contributed by atoms with Crippen molar-refractivity contribution in [2.45, 2.75) is 20.0 Å². The molecule has 3 aromatic rings. The Morgan fingerprint density at radius 1 is 1.21 bits per heavy atom. The fourth-order valence-electron chi connectivity index (χ4n) is 2.90. The number of hydrogen-bond donors (Lipinski definition) is 0. The van der Waals surface area contributed by atoms with Gasteiger partial charge in [-0.2, -0.15) is 5.26 Å². The van der Waals surface area contributed by atoms with Crippen molar-refractivity contribution in [3.8, 4) is 6.07 Å². The maximum Gasteiger partial charge on any atom is 0.254 e. The number of nitriles is 1. The number of benzene rings is 2. The number of fused-ring (bicyclic) bond motifs is 1. The summed E-state index contributed by atoms with van der Waals surface area (Å²) in [5.74, 6) is 1.18. The van der Waals surface area contributed by atoms with Crippen molar-refractivity contribution in [1.82, 2.24) is 4.57 Å². The van der Waals surface area contributed by atoms with E-state index in [2.05, 4.69) is 59.0 Å². The Hall–Kier alpha value is -2.42. The third-order valence-corrected chi connectivity index (χ3v) is 3.95. The Kier molecular flexibility index (Phi) is 6.90. The molecule has 0 spiro atoms. The molecule has 124 valence electrons. The highest BCUT2D eigenvalue weighted by Gasteiger charge is 2.20. The lowest BCUT2D eigenvalue weighted by atomic mass is 10.1. The van der Waals surface area contributed by atoms with Gasteiger partial charge in [0.05, 0.1) is 11.6 Å². The molecule has 0 aliphatic rings. The maximum atomic E-state index is 9.06. The van der Waals surface area contributed by atoms with Crippen LogP contribution < -0.4 is 21.5 Å². The van der Waals surface area contributed by atoms with Crippen LogP contribution in [0.2, 0.25) is 0 Å². The Balaban J connectivity index is 0.00000144. The molecule has 0 fully saturated rings. The topological polar surface area (TPSA) is 64.1 Å². The van der Waals surface area contributed by atoms with Crippen molar-refractivity contribution in [2.24, 2.45) is 0 Å². The molecule has 4 nitrogen and oxygen atoms in total. The first-order valence-corrected chi connectivity index (χ1v) is 7.32. The van der Waals surface area contributed by atoms with Crippen molar-refractivity contribution in [2.75, 3.05) is 0 Å². The molecule has 3 rings (SSSR count). The van der Waals surface area contributed by atoms with Gasteiger partial charge in [-0.1, -0.05) is 36.9 Å². The van der Waals surface area contributed by atoms with Gasteiger partial charge in [0.1, 0.15) is 13.1 Å². The maximum absolute atomic E-state index is 9.06. The lowest BCUT2D eigenvalue weighted by Crippen LogP contribution is -3.00. The molecule has 0 saturated heterocycles. The Bertz CT molecular complexity index is 893. The summed E-state index contributed by atoms with van der Waals surface area (Å²) in [6.45, 7) is 7.52. The first kappa shape index (κ1) is 19.6. The number of hydrogen-bond acceptors (Lipinski definition) is 1. The van der Waals surface area contributed by atoms with Gasteiger partial charge in [0.25, 0.3) is 5.82 Å². The van der Waals surface area contributed by atoms with Crippen LogP contribution in [0.1, 0.15) is 17.0 Å². The third-order valence-electron chi connectivity index (χ3n) is 3.95. The molecule has 0 saturated carbocycles. The molecule has 0 aliphatic carbocycles. The van der Waals surface area contributed by atoms with E-state index in [-0.39, 0.29) is 22.5 Å². The second-order valence-corrected chi connectivity index (χ2v) is 5.33. The van der Waals surface area contributed by atoms with Gasteiger partial charge < -0.3 is 22.5 Å². The van der Waals surface area contributed by atoms with E-state index in [4.69, 9.17) is 5.26 Å². The number of allylic oxidation sites excluding steroid dienone is 1. The molecular weight excluding hydrogens is 366 g/mol. The second kappa shape index (κ2) is 8.44. The van der Waals surface area contributed by atoms with Crippen LogP contribution in [0.4, 0.5) is 0 Å². The number of rotatable bonds is 4. The summed E-state index contributed by atoms with van der Waals surface area (Å²) >= 11 is 0. The molecule has 0 atom stereocenters. The van der Waals surface area contributed by atoms with Crippen LogP contribution >= 0.6 is 0 Å². The van der Waals surface area contributed by atoms with Gasteiger partial charge in [0, 0.05) is 6.92 Å². The highest BCUT2D eigenvalue weighted by Crippen LogP contribution is 2.15. The molecule has 0 amide bonds. The minimum absolute atomic E-state index is 0. The average Bonchev–Trinajstić information content (AvgIpc) is 2.81. The molecule has 1 heterocycles. The van der Waals surface area contributed by atoms with Crippen molar-refractivity contribution >= 4 is 11.0 Å². The Morgan fingerprint density at radius 2 is 1.96 bits per heavy atom. The van der Waals surface area contributed by atoms with Crippen LogP contribution in [-0.2, 0) is 13.1 Å².